The van der Waals surface area contributed by atoms with Crippen molar-refractivity contribution in [3.05, 3.63) is 0 Å². The molecule has 112 valence electrons. The summed E-state index contributed by atoms with van der Waals surface area (Å²) in [6, 6.07) is 0.556. The fourth-order valence-corrected chi connectivity index (χ4v) is 2.87. The first-order valence-corrected chi connectivity index (χ1v) is 7.46. The van der Waals surface area contributed by atoms with Gasteiger partial charge < -0.3 is 9.84 Å². The zero-order valence-corrected chi connectivity index (χ0v) is 12.8. The van der Waals surface area contributed by atoms with Gasteiger partial charge in [-0.1, -0.05) is 27.7 Å². The van der Waals surface area contributed by atoms with Crippen molar-refractivity contribution in [1.29, 1.82) is 0 Å². The highest BCUT2D eigenvalue weighted by molar-refractivity contribution is 5.67. The predicted molar refractivity (Wildman–Crippen MR) is 76.3 cm³/mol. The minimum absolute atomic E-state index is 0.118. The number of carbonyl (C=O) groups is 1. The smallest absolute Gasteiger partial charge is 0.306 e. The lowest BCUT2D eigenvalue weighted by Crippen LogP contribution is -2.49. The Kier molecular flexibility index (Phi) is 6.80. The van der Waals surface area contributed by atoms with Crippen LogP contribution in [0.3, 0.4) is 0 Å². The molecule has 0 radical (unpaired) electrons. The molecule has 1 aliphatic rings. The van der Waals surface area contributed by atoms with Crippen LogP contribution in [0, 0.1) is 11.8 Å². The van der Waals surface area contributed by atoms with E-state index < -0.39 is 5.97 Å². The second kappa shape index (κ2) is 7.85. The van der Waals surface area contributed by atoms with Gasteiger partial charge in [0.05, 0.1) is 19.1 Å². The summed E-state index contributed by atoms with van der Waals surface area (Å²) in [7, 11) is 0. The van der Waals surface area contributed by atoms with E-state index in [-0.39, 0.29) is 12.5 Å². The SMILES string of the molecule is CC(C)CC(CC(C)C)N1CCOC(CC(=O)O)C1. The summed E-state index contributed by atoms with van der Waals surface area (Å²) in [5.41, 5.74) is 0. The molecule has 1 atom stereocenters. The van der Waals surface area contributed by atoms with E-state index in [9.17, 15) is 4.79 Å². The van der Waals surface area contributed by atoms with Crippen LogP contribution in [0.15, 0.2) is 0 Å². The number of morpholine rings is 1. The van der Waals surface area contributed by atoms with Crippen molar-refractivity contribution in [3.8, 4) is 0 Å². The fourth-order valence-electron chi connectivity index (χ4n) is 2.87. The molecule has 1 aliphatic heterocycles. The third-order valence-electron chi connectivity index (χ3n) is 3.58. The molecule has 0 spiro atoms. The molecule has 1 unspecified atom stereocenters. The van der Waals surface area contributed by atoms with Crippen molar-refractivity contribution in [2.45, 2.75) is 59.1 Å². The molecule has 0 amide bonds. The second-order valence-corrected chi connectivity index (χ2v) is 6.50. The van der Waals surface area contributed by atoms with Gasteiger partial charge in [-0.25, -0.2) is 0 Å². The number of hydrogen-bond acceptors (Lipinski definition) is 3. The van der Waals surface area contributed by atoms with Gasteiger partial charge >= 0.3 is 5.97 Å². The first-order valence-electron chi connectivity index (χ1n) is 7.46. The van der Waals surface area contributed by atoms with Crippen LogP contribution in [0.5, 0.6) is 0 Å². The molecular formula is C15H29NO3. The van der Waals surface area contributed by atoms with Crippen molar-refractivity contribution in [1.82, 2.24) is 4.90 Å². The Morgan fingerprint density at radius 3 is 2.32 bits per heavy atom. The summed E-state index contributed by atoms with van der Waals surface area (Å²) in [5.74, 6) is 0.574. The number of rotatable bonds is 7. The molecule has 1 N–H and O–H groups in total. The number of aliphatic carboxylic acids is 1. The molecule has 0 aromatic rings. The van der Waals surface area contributed by atoms with E-state index in [2.05, 4.69) is 32.6 Å². The number of nitrogens with zero attached hydrogens (tertiary/aromatic N) is 1. The zero-order chi connectivity index (χ0) is 14.4. The molecule has 1 saturated heterocycles. The highest BCUT2D eigenvalue weighted by Gasteiger charge is 2.28. The van der Waals surface area contributed by atoms with E-state index in [0.717, 1.165) is 13.1 Å². The molecule has 4 heteroatoms. The molecule has 0 aromatic heterocycles. The van der Waals surface area contributed by atoms with Crippen molar-refractivity contribution >= 4 is 5.97 Å². The van der Waals surface area contributed by atoms with E-state index in [1.54, 1.807) is 0 Å². The van der Waals surface area contributed by atoms with Crippen molar-refractivity contribution in [3.63, 3.8) is 0 Å². The van der Waals surface area contributed by atoms with Gasteiger partial charge in [0.15, 0.2) is 0 Å². The lowest BCUT2D eigenvalue weighted by Gasteiger charge is -2.39. The van der Waals surface area contributed by atoms with Gasteiger partial charge in [0.2, 0.25) is 0 Å². The average molecular weight is 271 g/mol. The Morgan fingerprint density at radius 2 is 1.84 bits per heavy atom. The molecular weight excluding hydrogens is 242 g/mol. The van der Waals surface area contributed by atoms with E-state index >= 15 is 0 Å². The molecule has 4 nitrogen and oxygen atoms in total. The largest absolute Gasteiger partial charge is 0.481 e. The standard InChI is InChI=1S/C15H29NO3/c1-11(2)7-13(8-12(3)4)16-5-6-19-14(10-16)9-15(17)18/h11-14H,5-10H2,1-4H3,(H,17,18). The summed E-state index contributed by atoms with van der Waals surface area (Å²) in [4.78, 5) is 13.2. The first-order chi connectivity index (χ1) is 8.88. The summed E-state index contributed by atoms with van der Waals surface area (Å²) < 4.78 is 5.56. The Balaban J connectivity index is 2.58. The molecule has 1 rings (SSSR count). The van der Waals surface area contributed by atoms with Gasteiger partial charge in [-0.05, 0) is 24.7 Å². The van der Waals surface area contributed by atoms with E-state index in [1.807, 2.05) is 0 Å². The van der Waals surface area contributed by atoms with Crippen LogP contribution >= 0.6 is 0 Å². The Labute approximate surface area is 117 Å². The highest BCUT2D eigenvalue weighted by Crippen LogP contribution is 2.22. The molecule has 0 aromatic carbocycles. The first kappa shape index (κ1) is 16.4. The van der Waals surface area contributed by atoms with E-state index in [0.29, 0.717) is 24.5 Å². The van der Waals surface area contributed by atoms with Crippen LogP contribution < -0.4 is 0 Å². The lowest BCUT2D eigenvalue weighted by atomic mass is 9.93. The molecule has 0 saturated carbocycles. The molecule has 0 aliphatic carbocycles. The van der Waals surface area contributed by atoms with E-state index in [4.69, 9.17) is 9.84 Å². The summed E-state index contributed by atoms with van der Waals surface area (Å²) in [5, 5.41) is 8.88. The molecule has 0 bridgehead atoms. The normalized spacial score (nSPS) is 21.5. The maximum absolute atomic E-state index is 10.8. The van der Waals surface area contributed by atoms with Gasteiger partial charge in [-0.2, -0.15) is 0 Å². The third kappa shape index (κ3) is 6.39. The molecule has 1 heterocycles. The van der Waals surface area contributed by atoms with Crippen molar-refractivity contribution in [2.24, 2.45) is 11.8 Å². The number of carboxylic acids is 1. The Bertz CT molecular complexity index is 269. The van der Waals surface area contributed by atoms with E-state index in [1.165, 1.54) is 12.8 Å². The van der Waals surface area contributed by atoms with Crippen LogP contribution in [0.2, 0.25) is 0 Å². The van der Waals surface area contributed by atoms with Gasteiger partial charge in [-0.3, -0.25) is 9.69 Å². The van der Waals surface area contributed by atoms with Crippen LogP contribution in [0.1, 0.15) is 47.0 Å². The van der Waals surface area contributed by atoms with Crippen LogP contribution in [-0.4, -0.2) is 47.8 Å². The number of hydrogen-bond donors (Lipinski definition) is 1. The summed E-state index contributed by atoms with van der Waals surface area (Å²) in [6.07, 6.45) is 2.33. The zero-order valence-electron chi connectivity index (χ0n) is 12.8. The summed E-state index contributed by atoms with van der Waals surface area (Å²) >= 11 is 0. The second-order valence-electron chi connectivity index (χ2n) is 6.50. The topological polar surface area (TPSA) is 49.8 Å². The third-order valence-corrected chi connectivity index (χ3v) is 3.58. The monoisotopic (exact) mass is 271 g/mol. The highest BCUT2D eigenvalue weighted by atomic mass is 16.5. The Hall–Kier alpha value is -0.610. The van der Waals surface area contributed by atoms with Gasteiger partial charge in [0.1, 0.15) is 0 Å². The lowest BCUT2D eigenvalue weighted by molar-refractivity contribution is -0.142. The maximum atomic E-state index is 10.8. The minimum atomic E-state index is -0.767. The number of ether oxygens (including phenoxy) is 1. The van der Waals surface area contributed by atoms with Gasteiger partial charge in [0, 0.05) is 19.1 Å². The average Bonchev–Trinajstić information content (AvgIpc) is 2.26. The van der Waals surface area contributed by atoms with Crippen LogP contribution in [0.4, 0.5) is 0 Å². The van der Waals surface area contributed by atoms with Crippen molar-refractivity contribution in [2.75, 3.05) is 19.7 Å². The minimum Gasteiger partial charge on any atom is -0.481 e. The fraction of sp³-hybridized carbons (Fsp3) is 0.933. The quantitative estimate of drug-likeness (QED) is 0.773. The van der Waals surface area contributed by atoms with Gasteiger partial charge in [-0.15, -0.1) is 0 Å². The maximum Gasteiger partial charge on any atom is 0.306 e. The van der Waals surface area contributed by atoms with Crippen molar-refractivity contribution < 1.29 is 14.6 Å². The van der Waals surface area contributed by atoms with Gasteiger partial charge in [0.25, 0.3) is 0 Å². The Morgan fingerprint density at radius 1 is 1.26 bits per heavy atom. The number of carboxylic acid groups (broad SMARTS) is 1. The summed E-state index contributed by atoms with van der Waals surface area (Å²) in [6.45, 7) is 11.4. The molecule has 19 heavy (non-hydrogen) atoms. The van der Waals surface area contributed by atoms with Crippen LogP contribution in [0.25, 0.3) is 0 Å². The van der Waals surface area contributed by atoms with Crippen LogP contribution in [-0.2, 0) is 9.53 Å². The molecule has 1 fully saturated rings. The predicted octanol–water partition coefficient (Wildman–Crippen LogP) is 2.62.